The number of nitrogens with two attached hydrogens (primary N) is 1. The van der Waals surface area contributed by atoms with Crippen LogP contribution >= 0.6 is 0 Å². The lowest BCUT2D eigenvalue weighted by atomic mass is 9.93. The van der Waals surface area contributed by atoms with Crippen LogP contribution in [0, 0.1) is 5.41 Å². The fourth-order valence-electron chi connectivity index (χ4n) is 9.87. The Morgan fingerprint density at radius 3 is 1.68 bits per heavy atom. The summed E-state index contributed by atoms with van der Waals surface area (Å²) in [6, 6.07) is 51.0. The molecule has 456 valence electrons. The first-order chi connectivity index (χ1) is 42.1. The third-order valence-electron chi connectivity index (χ3n) is 14.3. The average Bonchev–Trinajstić information content (AvgIpc) is 1.88. The van der Waals surface area contributed by atoms with E-state index in [4.69, 9.17) is 34.9 Å². The molecule has 0 bridgehead atoms. The van der Waals surface area contributed by atoms with E-state index in [-0.39, 0.29) is 18.7 Å². The molecular formula is C68H74N10O9S. The summed E-state index contributed by atoms with van der Waals surface area (Å²) in [7, 11) is -1.08. The number of anilines is 1. The zero-order valence-electron chi connectivity index (χ0n) is 49.9. The van der Waals surface area contributed by atoms with Gasteiger partial charge in [-0.05, 0) is 145 Å². The molecule has 0 saturated carbocycles. The fourth-order valence-corrected chi connectivity index (χ4v) is 11.2. The van der Waals surface area contributed by atoms with Gasteiger partial charge in [0, 0.05) is 54.8 Å². The highest BCUT2D eigenvalue weighted by atomic mass is 32.2. The molecule has 0 aliphatic carbocycles. The van der Waals surface area contributed by atoms with E-state index in [9.17, 15) is 18.0 Å². The lowest BCUT2D eigenvalue weighted by Gasteiger charge is -2.38. The third-order valence-corrected chi connectivity index (χ3v) is 15.9. The highest BCUT2D eigenvalue weighted by molar-refractivity contribution is 8.06. The first-order valence-corrected chi connectivity index (χ1v) is 29.9. The average molecular weight is 1210 g/mol. The van der Waals surface area contributed by atoms with Crippen LogP contribution in [0.25, 0.3) is 17.5 Å². The predicted molar refractivity (Wildman–Crippen MR) is 343 cm³/mol. The van der Waals surface area contributed by atoms with Gasteiger partial charge in [-0.3, -0.25) is 20.1 Å². The number of hydrazine groups is 1. The zero-order valence-corrected chi connectivity index (χ0v) is 50.8. The summed E-state index contributed by atoms with van der Waals surface area (Å²) in [6.45, 7) is 7.21. The second kappa shape index (κ2) is 30.0. The van der Waals surface area contributed by atoms with Crippen LogP contribution in [-0.4, -0.2) is 88.6 Å². The quantitative estimate of drug-likeness (QED) is 0.0231. The normalized spacial score (nSPS) is 14.2. The number of rotatable bonds is 16. The molecule has 0 fully saturated rings. The van der Waals surface area contributed by atoms with Crippen LogP contribution in [0.1, 0.15) is 82.2 Å². The number of amidine groups is 1. The minimum Gasteiger partial charge on any atom is -0.493 e. The van der Waals surface area contributed by atoms with Crippen LogP contribution in [0.5, 0.6) is 23.0 Å². The van der Waals surface area contributed by atoms with E-state index in [0.29, 0.717) is 47.9 Å². The Labute approximate surface area is 513 Å². The summed E-state index contributed by atoms with van der Waals surface area (Å²) in [5.41, 5.74) is 9.53. The summed E-state index contributed by atoms with van der Waals surface area (Å²) >= 11 is 0. The second-order valence-corrected chi connectivity index (χ2v) is 23.4. The molecule has 2 aliphatic rings. The van der Waals surface area contributed by atoms with Gasteiger partial charge in [-0.1, -0.05) is 103 Å². The molecule has 2 aliphatic heterocycles. The Morgan fingerprint density at radius 1 is 0.693 bits per heavy atom. The number of aromatic nitrogens is 4. The molecular weight excluding hydrogens is 1130 g/mol. The number of hydrogen-bond donors (Lipinski definition) is 4. The van der Waals surface area contributed by atoms with Crippen LogP contribution in [0.4, 0.5) is 10.5 Å². The maximum Gasteiger partial charge on any atom is 0.410 e. The van der Waals surface area contributed by atoms with E-state index in [1.54, 1.807) is 101 Å². The van der Waals surface area contributed by atoms with Gasteiger partial charge in [-0.2, -0.15) is 0 Å². The predicted octanol–water partition coefficient (Wildman–Crippen LogP) is 12.0. The number of para-hydroxylation sites is 1. The lowest BCUT2D eigenvalue weighted by Crippen LogP contribution is -2.48. The van der Waals surface area contributed by atoms with Gasteiger partial charge in [0.25, 0.3) is 0 Å². The Balaban J connectivity index is 0.000000190. The van der Waals surface area contributed by atoms with E-state index in [1.807, 2.05) is 88.3 Å². The molecule has 7 N–H and O–H groups in total. The number of carbonyl (C=O) groups is 2. The summed E-state index contributed by atoms with van der Waals surface area (Å²) in [6.07, 6.45) is 16.8. The molecule has 9 aromatic rings. The van der Waals surface area contributed by atoms with E-state index < -0.39 is 38.5 Å². The number of benzene rings is 7. The van der Waals surface area contributed by atoms with Crippen molar-refractivity contribution in [3.05, 3.63) is 252 Å². The van der Waals surface area contributed by atoms with Crippen molar-refractivity contribution < 1.29 is 41.7 Å². The number of amides is 1. The van der Waals surface area contributed by atoms with Crippen LogP contribution in [-0.2, 0) is 40.6 Å². The standard InChI is InChI=1S/C30H36N4O6S.C28H27N3O2.C10H8N2O.H3N/c1-30(2,3)40-29(35)33-16-15-22-17-27(39-19-21-11-7-5-8-12-21)26(38-4)18-24(22)25(33)20-41(36,37)28(31)34(32)23-13-9-6-10-14-23;1-32-27-18-25-23(17-28(27)33-19-22-5-3-2-4-6-22)13-14-30-26(25)12-9-21-7-10-24(11-8-21)31-16-15-29-20-31;13-7-9-1-3-10(4-2-9)12-6-5-11-8-12;/h5-14,17-18,25,31H,15-16,19-20,32H2,1-4H3;2-12,15-18,20,26,30H,13-14,19H2,1H3;1-8H;1H3/b;12-9+;;. The van der Waals surface area contributed by atoms with Crippen molar-refractivity contribution in [2.24, 2.45) is 5.84 Å². The molecule has 2 atom stereocenters. The largest absolute Gasteiger partial charge is 0.493 e. The Hall–Kier alpha value is -9.86. The number of methoxy groups -OCH3 is 2. The first kappa shape index (κ1) is 64.1. The number of nitrogens with zero attached hydrogens (tertiary/aromatic N) is 6. The van der Waals surface area contributed by atoms with Gasteiger partial charge in [0.2, 0.25) is 15.0 Å². The second-order valence-electron chi connectivity index (χ2n) is 21.5. The number of carbonyl (C=O) groups excluding carboxylic acids is 2. The summed E-state index contributed by atoms with van der Waals surface area (Å²) in [5, 5.41) is 12.1. The molecule has 0 saturated heterocycles. The molecule has 0 radical (unpaired) electrons. The van der Waals surface area contributed by atoms with Crippen LogP contribution in [0.2, 0.25) is 0 Å². The van der Waals surface area contributed by atoms with Crippen LogP contribution in [0.15, 0.2) is 207 Å². The fraction of sp³-hybridized carbons (Fsp3) is 0.221. The van der Waals surface area contributed by atoms with E-state index in [2.05, 4.69) is 76.0 Å². The summed E-state index contributed by atoms with van der Waals surface area (Å²) in [4.78, 5) is 33.1. The Kier molecular flexibility index (Phi) is 21.9. The van der Waals surface area contributed by atoms with Gasteiger partial charge in [-0.25, -0.2) is 29.0 Å². The van der Waals surface area contributed by atoms with Crippen molar-refractivity contribution in [3.63, 3.8) is 0 Å². The Bertz CT molecular complexity index is 3850. The molecule has 88 heavy (non-hydrogen) atoms. The number of sulfone groups is 1. The SMILES string of the molecule is COc1cc2c(cc1OCc1ccccc1)CCN(C(=O)OC(C)(C)C)C2CS(=O)(=O)C(=N)N(N)c1ccccc1.COc1cc2c(cc1OCc1ccccc1)CCNC2/C=C/c1ccc(-n2ccnc2)cc1.N.O=Cc1ccc(-n2ccnc2)cc1. The first-order valence-electron chi connectivity index (χ1n) is 28.3. The van der Waals surface area contributed by atoms with Gasteiger partial charge in [0.15, 0.2) is 23.0 Å². The maximum absolute atomic E-state index is 13.6. The van der Waals surface area contributed by atoms with Crippen molar-refractivity contribution in [1.29, 1.82) is 5.41 Å². The molecule has 2 aromatic heterocycles. The highest BCUT2D eigenvalue weighted by Gasteiger charge is 2.39. The molecule has 0 spiro atoms. The van der Waals surface area contributed by atoms with Gasteiger partial charge >= 0.3 is 6.09 Å². The zero-order chi connectivity index (χ0) is 61.3. The highest BCUT2D eigenvalue weighted by Crippen LogP contribution is 2.41. The minimum absolute atomic E-state index is 0. The lowest BCUT2D eigenvalue weighted by molar-refractivity contribution is 0.0162. The number of nitrogens with one attached hydrogen (secondary N) is 2. The smallest absolute Gasteiger partial charge is 0.410 e. The summed E-state index contributed by atoms with van der Waals surface area (Å²) < 4.78 is 60.1. The van der Waals surface area contributed by atoms with Gasteiger partial charge < -0.3 is 44.3 Å². The van der Waals surface area contributed by atoms with Crippen LogP contribution < -0.4 is 41.3 Å². The van der Waals surface area contributed by atoms with Gasteiger partial charge in [0.1, 0.15) is 25.1 Å². The number of hydrogen-bond acceptors (Lipinski definition) is 15. The van der Waals surface area contributed by atoms with E-state index in [1.165, 1.54) is 23.1 Å². The molecule has 4 heterocycles. The number of fused-ring (bicyclic) bond motifs is 2. The van der Waals surface area contributed by atoms with Gasteiger partial charge in [-0.15, -0.1) is 0 Å². The van der Waals surface area contributed by atoms with E-state index in [0.717, 1.165) is 69.4 Å². The van der Waals surface area contributed by atoms with Crippen molar-refractivity contribution in [1.82, 2.24) is 35.5 Å². The number of aldehydes is 1. The number of imidazole rings is 2. The minimum atomic E-state index is -4.27. The van der Waals surface area contributed by atoms with E-state index >= 15 is 0 Å². The van der Waals surface area contributed by atoms with Crippen molar-refractivity contribution >= 4 is 39.1 Å². The monoisotopic (exact) mass is 1210 g/mol. The molecule has 7 aromatic carbocycles. The van der Waals surface area contributed by atoms with Crippen molar-refractivity contribution in [2.45, 2.75) is 64.5 Å². The molecule has 2 unspecified atom stereocenters. The number of ether oxygens (including phenoxy) is 5. The molecule has 19 nitrogen and oxygen atoms in total. The van der Waals surface area contributed by atoms with Gasteiger partial charge in [0.05, 0.1) is 50.4 Å². The summed E-state index contributed by atoms with van der Waals surface area (Å²) in [5.74, 6) is 7.91. The van der Waals surface area contributed by atoms with Crippen LogP contribution in [0.3, 0.4) is 0 Å². The molecule has 1 amide bonds. The third kappa shape index (κ3) is 16.8. The Morgan fingerprint density at radius 2 is 1.19 bits per heavy atom. The maximum atomic E-state index is 13.6. The molecule has 20 heteroatoms. The van der Waals surface area contributed by atoms with Crippen molar-refractivity contribution in [3.8, 4) is 34.4 Å². The van der Waals surface area contributed by atoms with Crippen molar-refractivity contribution in [2.75, 3.05) is 38.1 Å². The topological polar surface area (TPSA) is 253 Å². The molecule has 11 rings (SSSR count).